The average molecular weight is 510 g/mol. The molecule has 4 rings (SSSR count). The molecule has 0 saturated carbocycles. The molecule has 0 N–H and O–H groups in total. The summed E-state index contributed by atoms with van der Waals surface area (Å²) >= 11 is 7.46. The number of amides is 2. The predicted molar refractivity (Wildman–Crippen MR) is 140 cm³/mol. The lowest BCUT2D eigenvalue weighted by Crippen LogP contribution is -2.42. The Labute approximate surface area is 214 Å². The number of carbonyl (C=O) groups excluding carboxylic acids is 2. The number of aryl methyl sites for hydroxylation is 2. The van der Waals surface area contributed by atoms with Crippen LogP contribution in [0.5, 0.6) is 0 Å². The molecule has 0 bridgehead atoms. The van der Waals surface area contributed by atoms with Crippen molar-refractivity contribution < 1.29 is 14.3 Å². The third kappa shape index (κ3) is 5.81. The SMILES string of the molecule is COCCN(CC(=O)N1N=C(c2ccc(C)c(C)c2)CC1c1ccc(Cl)cc1)C(=O)c1cccs1. The summed E-state index contributed by atoms with van der Waals surface area (Å²) in [5.41, 5.74) is 5.15. The maximum atomic E-state index is 13.6. The third-order valence-corrected chi connectivity index (χ3v) is 7.28. The molecule has 0 saturated heterocycles. The zero-order valence-corrected chi connectivity index (χ0v) is 21.6. The highest BCUT2D eigenvalue weighted by Crippen LogP contribution is 2.34. The van der Waals surface area contributed by atoms with Crippen LogP contribution in [0.3, 0.4) is 0 Å². The van der Waals surface area contributed by atoms with Gasteiger partial charge in [0, 0.05) is 25.1 Å². The number of benzene rings is 2. The van der Waals surface area contributed by atoms with E-state index in [1.54, 1.807) is 13.2 Å². The Bertz CT molecular complexity index is 1220. The van der Waals surface area contributed by atoms with E-state index in [0.29, 0.717) is 29.5 Å². The van der Waals surface area contributed by atoms with Crippen molar-refractivity contribution in [3.8, 4) is 0 Å². The summed E-state index contributed by atoms with van der Waals surface area (Å²) < 4.78 is 5.19. The second kappa shape index (κ2) is 11.2. The fourth-order valence-corrected chi connectivity index (χ4v) is 4.84. The van der Waals surface area contributed by atoms with Gasteiger partial charge in [-0.05, 0) is 65.7 Å². The average Bonchev–Trinajstić information content (AvgIpc) is 3.54. The van der Waals surface area contributed by atoms with Gasteiger partial charge in [-0.3, -0.25) is 9.59 Å². The molecule has 1 aromatic heterocycles. The molecule has 0 fully saturated rings. The number of hydrazone groups is 1. The number of thiophene rings is 1. The van der Waals surface area contributed by atoms with Gasteiger partial charge >= 0.3 is 0 Å². The highest BCUT2D eigenvalue weighted by atomic mass is 35.5. The van der Waals surface area contributed by atoms with Crippen LogP contribution >= 0.6 is 22.9 Å². The summed E-state index contributed by atoms with van der Waals surface area (Å²) in [6.45, 7) is 4.70. The van der Waals surface area contributed by atoms with Crippen molar-refractivity contribution in [2.45, 2.75) is 26.3 Å². The molecule has 2 aromatic carbocycles. The van der Waals surface area contributed by atoms with E-state index in [1.807, 2.05) is 41.8 Å². The number of ether oxygens (including phenoxy) is 1. The minimum Gasteiger partial charge on any atom is -0.383 e. The minimum atomic E-state index is -0.280. The second-order valence-corrected chi connectivity index (χ2v) is 9.94. The fraction of sp³-hybridized carbons (Fsp3) is 0.296. The number of rotatable bonds is 8. The Morgan fingerprint density at radius 1 is 1.14 bits per heavy atom. The van der Waals surface area contributed by atoms with Gasteiger partial charge in [-0.2, -0.15) is 5.10 Å². The monoisotopic (exact) mass is 509 g/mol. The molecule has 2 heterocycles. The zero-order valence-electron chi connectivity index (χ0n) is 20.0. The van der Waals surface area contributed by atoms with Crippen molar-refractivity contribution in [3.05, 3.63) is 92.1 Å². The summed E-state index contributed by atoms with van der Waals surface area (Å²) in [5.74, 6) is -0.434. The Balaban J connectivity index is 1.63. The summed E-state index contributed by atoms with van der Waals surface area (Å²) in [5, 5.41) is 8.77. The van der Waals surface area contributed by atoms with Gasteiger partial charge in [-0.15, -0.1) is 11.3 Å². The first-order chi connectivity index (χ1) is 16.9. The van der Waals surface area contributed by atoms with Crippen LogP contribution in [0.1, 0.15) is 44.4 Å². The van der Waals surface area contributed by atoms with Crippen molar-refractivity contribution in [1.29, 1.82) is 0 Å². The van der Waals surface area contributed by atoms with Crippen LogP contribution in [0.2, 0.25) is 5.02 Å². The molecule has 1 unspecified atom stereocenters. The Morgan fingerprint density at radius 3 is 2.57 bits per heavy atom. The molecule has 0 radical (unpaired) electrons. The van der Waals surface area contributed by atoms with Crippen molar-refractivity contribution >= 4 is 40.5 Å². The number of hydrogen-bond acceptors (Lipinski definition) is 5. The van der Waals surface area contributed by atoms with Crippen LogP contribution in [0.4, 0.5) is 0 Å². The molecular formula is C27H28ClN3O3S. The summed E-state index contributed by atoms with van der Waals surface area (Å²) in [6.07, 6.45) is 0.576. The van der Waals surface area contributed by atoms with Crippen LogP contribution in [0.15, 0.2) is 65.1 Å². The van der Waals surface area contributed by atoms with Crippen molar-refractivity contribution in [3.63, 3.8) is 0 Å². The maximum Gasteiger partial charge on any atom is 0.264 e. The molecule has 182 valence electrons. The third-order valence-electron chi connectivity index (χ3n) is 6.17. The first-order valence-electron chi connectivity index (χ1n) is 11.4. The van der Waals surface area contributed by atoms with Gasteiger partial charge in [0.25, 0.3) is 11.8 Å². The van der Waals surface area contributed by atoms with Crippen molar-refractivity contribution in [1.82, 2.24) is 9.91 Å². The first kappa shape index (κ1) is 25.1. The molecule has 1 aliphatic heterocycles. The quantitative estimate of drug-likeness (QED) is 0.403. The van der Waals surface area contributed by atoms with Crippen molar-refractivity contribution in [2.75, 3.05) is 26.8 Å². The summed E-state index contributed by atoms with van der Waals surface area (Å²) in [4.78, 5) is 28.8. The molecule has 8 heteroatoms. The number of carbonyl (C=O) groups is 2. The zero-order chi connectivity index (χ0) is 24.9. The van der Waals surface area contributed by atoms with Crippen LogP contribution in [0.25, 0.3) is 0 Å². The van der Waals surface area contributed by atoms with E-state index < -0.39 is 0 Å². The van der Waals surface area contributed by atoms with Crippen LogP contribution < -0.4 is 0 Å². The molecule has 3 aromatic rings. The highest BCUT2D eigenvalue weighted by molar-refractivity contribution is 7.12. The topological polar surface area (TPSA) is 62.2 Å². The van der Waals surface area contributed by atoms with E-state index in [2.05, 4.69) is 26.0 Å². The van der Waals surface area contributed by atoms with E-state index in [9.17, 15) is 9.59 Å². The van der Waals surface area contributed by atoms with Crippen LogP contribution in [-0.4, -0.2) is 54.2 Å². The molecule has 6 nitrogen and oxygen atoms in total. The smallest absolute Gasteiger partial charge is 0.264 e. The Hall–Kier alpha value is -3.00. The van der Waals surface area contributed by atoms with Gasteiger partial charge in [0.05, 0.1) is 23.2 Å². The van der Waals surface area contributed by atoms with Crippen LogP contribution in [0, 0.1) is 13.8 Å². The molecule has 0 aliphatic carbocycles. The van der Waals surface area contributed by atoms with Gasteiger partial charge in [-0.25, -0.2) is 5.01 Å². The van der Waals surface area contributed by atoms with E-state index in [0.717, 1.165) is 16.8 Å². The molecule has 1 aliphatic rings. The highest BCUT2D eigenvalue weighted by Gasteiger charge is 2.34. The maximum absolute atomic E-state index is 13.6. The predicted octanol–water partition coefficient (Wildman–Crippen LogP) is 5.48. The lowest BCUT2D eigenvalue weighted by Gasteiger charge is -2.26. The second-order valence-electron chi connectivity index (χ2n) is 8.55. The van der Waals surface area contributed by atoms with E-state index in [-0.39, 0.29) is 24.4 Å². The normalized spacial score (nSPS) is 15.3. The summed E-state index contributed by atoms with van der Waals surface area (Å²) in [7, 11) is 1.58. The number of halogens is 1. The van der Waals surface area contributed by atoms with E-state index in [4.69, 9.17) is 21.4 Å². The number of nitrogens with zero attached hydrogens (tertiary/aromatic N) is 3. The van der Waals surface area contributed by atoms with E-state index in [1.165, 1.54) is 32.4 Å². The molecule has 2 amide bonds. The molecule has 1 atom stereocenters. The fourth-order valence-electron chi connectivity index (χ4n) is 4.03. The number of hydrogen-bond donors (Lipinski definition) is 0. The summed E-state index contributed by atoms with van der Waals surface area (Å²) in [6, 6.07) is 17.0. The standard InChI is InChI=1S/C27H28ClN3O3S/c1-18-6-7-21(15-19(18)2)23-16-24(20-8-10-22(28)11-9-20)31(29-23)26(32)17-30(12-13-34-3)27(33)25-5-4-14-35-25/h4-11,14-15,24H,12-13,16-17H2,1-3H3. The molecular weight excluding hydrogens is 482 g/mol. The van der Waals surface area contributed by atoms with Gasteiger partial charge in [0.2, 0.25) is 0 Å². The van der Waals surface area contributed by atoms with Gasteiger partial charge in [-0.1, -0.05) is 41.9 Å². The van der Waals surface area contributed by atoms with Gasteiger partial charge in [0.15, 0.2) is 0 Å². The van der Waals surface area contributed by atoms with Gasteiger partial charge in [0.1, 0.15) is 6.54 Å². The van der Waals surface area contributed by atoms with Crippen LogP contribution in [-0.2, 0) is 9.53 Å². The van der Waals surface area contributed by atoms with Crippen molar-refractivity contribution in [2.24, 2.45) is 5.10 Å². The Morgan fingerprint density at radius 2 is 1.91 bits per heavy atom. The lowest BCUT2D eigenvalue weighted by molar-refractivity contribution is -0.133. The number of methoxy groups -OCH3 is 1. The van der Waals surface area contributed by atoms with E-state index >= 15 is 0 Å². The minimum absolute atomic E-state index is 0.0894. The Kier molecular flexibility index (Phi) is 8.00. The molecule has 0 spiro atoms. The first-order valence-corrected chi connectivity index (χ1v) is 12.7. The largest absolute Gasteiger partial charge is 0.383 e. The lowest BCUT2D eigenvalue weighted by atomic mass is 9.96. The van der Waals surface area contributed by atoms with Gasteiger partial charge < -0.3 is 9.64 Å². The molecule has 35 heavy (non-hydrogen) atoms.